The van der Waals surface area contributed by atoms with Gasteiger partial charge in [0.2, 0.25) is 0 Å². The van der Waals surface area contributed by atoms with E-state index in [9.17, 15) is 26.3 Å². The Balaban J connectivity index is 0.000000211. The predicted molar refractivity (Wildman–Crippen MR) is 170 cm³/mol. The average Bonchev–Trinajstić information content (AvgIpc) is 3.58. The van der Waals surface area contributed by atoms with Gasteiger partial charge in [-0.1, -0.05) is 92.5 Å². The van der Waals surface area contributed by atoms with Gasteiger partial charge in [-0.3, -0.25) is 6.08 Å². The molecule has 4 aromatic rings. The molecule has 7 heteroatoms. The largest absolute Gasteiger partial charge is 0.179 e. The maximum atomic E-state index is 11.8. The van der Waals surface area contributed by atoms with Crippen LogP contribution in [0, 0.1) is 35.6 Å². The second-order valence-electron chi connectivity index (χ2n) is 11.4. The molecule has 0 nitrogen and oxygen atoms in total. The molecule has 4 aromatic carbocycles. The number of alkyl halides is 6. The number of fused-ring (bicyclic) bond motifs is 3. The van der Waals surface area contributed by atoms with E-state index in [1.165, 1.54) is 81.9 Å². The zero-order valence-corrected chi connectivity index (χ0v) is 29.0. The molecule has 242 valence electrons. The van der Waals surface area contributed by atoms with Crippen LogP contribution in [0.25, 0.3) is 11.1 Å². The zero-order valence-electron chi connectivity index (χ0n) is 26.5. The smallest absolute Gasteiger partial charge is 0.0253 e. The van der Waals surface area contributed by atoms with Gasteiger partial charge in [0.15, 0.2) is 0 Å². The summed E-state index contributed by atoms with van der Waals surface area (Å²) in [5.74, 6) is 0.518. The Bertz CT molecular complexity index is 1470. The molecule has 0 bridgehead atoms. The normalized spacial score (nSPS) is 14.5. The third-order valence-electron chi connectivity index (χ3n) is 6.76. The zero-order chi connectivity index (χ0) is 34.5. The molecule has 6 rings (SSSR count). The summed E-state index contributed by atoms with van der Waals surface area (Å²) in [7, 11) is 0. The van der Waals surface area contributed by atoms with Gasteiger partial charge in [-0.05, 0) is 6.42 Å². The van der Waals surface area contributed by atoms with E-state index < -0.39 is 23.5 Å². The third kappa shape index (κ3) is 12.1. The van der Waals surface area contributed by atoms with Crippen molar-refractivity contribution in [1.29, 1.82) is 0 Å². The van der Waals surface area contributed by atoms with E-state index >= 15 is 0 Å². The number of hydrogen-bond acceptors (Lipinski definition) is 0. The number of allylic oxidation sites excluding steroid dienone is 4. The topological polar surface area (TPSA) is 0 Å². The Morgan fingerprint density at radius 1 is 0.717 bits per heavy atom. The summed E-state index contributed by atoms with van der Waals surface area (Å²) in [5.41, 5.74) is 7.29. The van der Waals surface area contributed by atoms with E-state index in [-0.39, 0.29) is 0 Å². The molecule has 0 saturated carbocycles. The van der Waals surface area contributed by atoms with Crippen LogP contribution < -0.4 is 0 Å². The van der Waals surface area contributed by atoms with E-state index in [0.29, 0.717) is 11.3 Å². The number of halogens is 6. The minimum atomic E-state index is -4.24. The summed E-state index contributed by atoms with van der Waals surface area (Å²) >= 11 is 1.30. The van der Waals surface area contributed by atoms with Gasteiger partial charge >= 0.3 is 40.8 Å². The van der Waals surface area contributed by atoms with Crippen LogP contribution >= 0.6 is 0 Å². The maximum Gasteiger partial charge on any atom is -0.0253 e. The van der Waals surface area contributed by atoms with Crippen molar-refractivity contribution in [2.45, 2.75) is 53.4 Å². The first-order chi connectivity index (χ1) is 21.6. The van der Waals surface area contributed by atoms with Gasteiger partial charge in [-0.25, -0.2) is 5.57 Å². The minimum Gasteiger partial charge on any atom is -0.179 e. The molecule has 0 heterocycles. The maximum absolute atomic E-state index is 11.8. The molecule has 1 unspecified atom stereocenters. The summed E-state index contributed by atoms with van der Waals surface area (Å²) < 4.78 is 73.9. The Labute approximate surface area is 284 Å². The standard InChI is InChI=1S/C13H9.C11H17.2C7H4F3.CH2.Zr/c1-3-7-12-10(5-1)9-11-6-2-4-8-13(11)12;1-8-6-9(2)10(7-8)11(3,4)5;2*8-7(9,10)6-4-2-1-3-5-6;;/h1-5,7-8H,9H2;7-8H,1-5H3;2*1-2,4-5H;1H2;/q4*-1;;. The molecule has 1 atom stereocenters. The second kappa shape index (κ2) is 17.6. The fourth-order valence-electron chi connectivity index (χ4n) is 4.79. The first-order valence-electron chi connectivity index (χ1n) is 14.4. The molecule has 0 saturated heterocycles. The van der Waals surface area contributed by atoms with Crippen LogP contribution in [0.2, 0.25) is 0 Å². The summed E-state index contributed by atoms with van der Waals surface area (Å²) in [4.78, 5) is 0. The van der Waals surface area contributed by atoms with Gasteiger partial charge in [0.1, 0.15) is 0 Å². The van der Waals surface area contributed by atoms with Crippen molar-refractivity contribution in [3.8, 4) is 11.1 Å². The molecule has 2 aliphatic rings. The molecule has 0 spiro atoms. The monoisotopic (exact) mass is 708 g/mol. The van der Waals surface area contributed by atoms with Crippen molar-refractivity contribution in [3.05, 3.63) is 155 Å². The molecule has 0 amide bonds. The summed E-state index contributed by atoms with van der Waals surface area (Å²) in [5, 5.41) is 0. The van der Waals surface area contributed by atoms with Gasteiger partial charge in [-0.15, -0.1) is 5.56 Å². The van der Waals surface area contributed by atoms with Crippen molar-refractivity contribution in [3.63, 3.8) is 0 Å². The van der Waals surface area contributed by atoms with Gasteiger partial charge in [0, 0.05) is 0 Å². The molecule has 0 fully saturated rings. The third-order valence-corrected chi connectivity index (χ3v) is 6.76. The van der Waals surface area contributed by atoms with Gasteiger partial charge in [0.05, 0.1) is 0 Å². The van der Waals surface area contributed by atoms with Gasteiger partial charge < -0.3 is 0 Å². The number of rotatable bonds is 0. The fourth-order valence-corrected chi connectivity index (χ4v) is 4.79. The van der Waals surface area contributed by atoms with Crippen molar-refractivity contribution < 1.29 is 50.6 Å². The van der Waals surface area contributed by atoms with Crippen molar-refractivity contribution >= 4 is 4.21 Å². The van der Waals surface area contributed by atoms with Crippen LogP contribution in [-0.2, 0) is 43.0 Å². The number of benzene rings is 4. The second-order valence-corrected chi connectivity index (χ2v) is 11.4. The van der Waals surface area contributed by atoms with E-state index in [4.69, 9.17) is 0 Å². The van der Waals surface area contributed by atoms with Crippen molar-refractivity contribution in [2.24, 2.45) is 11.3 Å². The molecule has 2 aliphatic carbocycles. The van der Waals surface area contributed by atoms with Crippen LogP contribution in [-0.4, -0.2) is 4.21 Å². The van der Waals surface area contributed by atoms with E-state index in [2.05, 4.69) is 106 Å². The van der Waals surface area contributed by atoms with Crippen LogP contribution in [0.4, 0.5) is 26.3 Å². The quantitative estimate of drug-likeness (QED) is 0.111. The summed E-state index contributed by atoms with van der Waals surface area (Å²) in [6.45, 7) is 11.1. The Morgan fingerprint density at radius 3 is 1.61 bits per heavy atom. The van der Waals surface area contributed by atoms with Crippen LogP contribution in [0.3, 0.4) is 0 Å². The molecule has 46 heavy (non-hydrogen) atoms. The Hall–Kier alpha value is -3.31. The minimum absolute atomic E-state index is 0.293. The average molecular weight is 710 g/mol. The predicted octanol–water partition coefficient (Wildman–Crippen LogP) is 11.4. The first-order valence-corrected chi connectivity index (χ1v) is 16.1. The Kier molecular flexibility index (Phi) is 14.8. The van der Waals surface area contributed by atoms with Crippen LogP contribution in [0.5, 0.6) is 0 Å². The van der Waals surface area contributed by atoms with E-state index in [1.807, 2.05) is 6.07 Å². The molecule has 0 N–H and O–H groups in total. The molecular weight excluding hydrogens is 674 g/mol. The summed E-state index contributed by atoms with van der Waals surface area (Å²) in [6, 6.07) is 32.1. The molecule has 0 aliphatic heterocycles. The van der Waals surface area contributed by atoms with Crippen molar-refractivity contribution in [2.75, 3.05) is 0 Å². The van der Waals surface area contributed by atoms with Crippen molar-refractivity contribution in [1.82, 2.24) is 0 Å². The van der Waals surface area contributed by atoms with Crippen LogP contribution in [0.1, 0.15) is 56.9 Å². The first kappa shape index (κ1) is 38.9. The fraction of sp³-hybridized carbons (Fsp3) is 0.256. The molecule has 0 radical (unpaired) electrons. The summed E-state index contributed by atoms with van der Waals surface area (Å²) in [6.07, 6.45) is -1.72. The molecular formula is C39H36F6Zr-4. The molecule has 0 aromatic heterocycles. The van der Waals surface area contributed by atoms with Gasteiger partial charge in [-0.2, -0.15) is 128 Å². The van der Waals surface area contributed by atoms with E-state index in [0.717, 1.165) is 30.7 Å². The van der Waals surface area contributed by atoms with Gasteiger partial charge in [0.25, 0.3) is 0 Å². The Morgan fingerprint density at radius 2 is 1.22 bits per heavy atom. The van der Waals surface area contributed by atoms with Crippen LogP contribution in [0.15, 0.2) is 108 Å². The number of hydrogen-bond donors (Lipinski definition) is 0. The SMILES string of the molecule is CC1=[C-]C(C)C=C1C(C)(C)C.FC(F)(F)c1c[c-]ccc1.FC(F)(F)c1c[c-]ccc1.[CH2]=[Zr].[c-]1cccc2c1Cc1ccccc1-2. The van der Waals surface area contributed by atoms with E-state index in [1.54, 1.807) is 0 Å².